The highest BCUT2D eigenvalue weighted by atomic mass is 16.2. The van der Waals surface area contributed by atoms with E-state index in [9.17, 15) is 4.79 Å². The van der Waals surface area contributed by atoms with Crippen LogP contribution >= 0.6 is 0 Å². The van der Waals surface area contributed by atoms with Crippen molar-refractivity contribution in [1.82, 2.24) is 20.8 Å². The first-order valence-electron chi connectivity index (χ1n) is 11.3. The van der Waals surface area contributed by atoms with E-state index in [2.05, 4.69) is 74.9 Å². The molecule has 3 rings (SSSR count). The first-order valence-corrected chi connectivity index (χ1v) is 11.3. The Morgan fingerprint density at radius 1 is 1.31 bits per heavy atom. The average molecular weight is 400 g/mol. The number of hydrogen-bond acceptors (Lipinski definition) is 3. The van der Waals surface area contributed by atoms with E-state index in [0.29, 0.717) is 0 Å². The Labute approximate surface area is 176 Å². The third-order valence-electron chi connectivity index (χ3n) is 7.08. The van der Waals surface area contributed by atoms with Crippen LogP contribution < -0.4 is 10.6 Å². The fourth-order valence-corrected chi connectivity index (χ4v) is 4.89. The van der Waals surface area contributed by atoms with Gasteiger partial charge in [0.05, 0.1) is 11.1 Å². The van der Waals surface area contributed by atoms with Crippen LogP contribution in [0.1, 0.15) is 97.4 Å². The van der Waals surface area contributed by atoms with Gasteiger partial charge in [0.1, 0.15) is 0 Å². The molecule has 2 unspecified atom stereocenters. The van der Waals surface area contributed by atoms with Crippen molar-refractivity contribution in [3.63, 3.8) is 0 Å². The Morgan fingerprint density at radius 2 is 2.03 bits per heavy atom. The lowest BCUT2D eigenvalue weighted by Crippen LogP contribution is -2.42. The van der Waals surface area contributed by atoms with E-state index in [1.807, 2.05) is 6.20 Å². The summed E-state index contributed by atoms with van der Waals surface area (Å²) in [5, 5.41) is 14.6. The minimum absolute atomic E-state index is 0.0609. The molecule has 1 aromatic rings. The van der Waals surface area contributed by atoms with Crippen LogP contribution in [0, 0.1) is 17.3 Å². The lowest BCUT2D eigenvalue weighted by Gasteiger charge is -2.34. The number of hydrogen-bond donors (Lipinski definition) is 3. The van der Waals surface area contributed by atoms with E-state index in [-0.39, 0.29) is 28.3 Å². The van der Waals surface area contributed by atoms with E-state index in [4.69, 9.17) is 0 Å². The molecule has 0 saturated carbocycles. The van der Waals surface area contributed by atoms with Gasteiger partial charge >= 0.3 is 0 Å². The van der Waals surface area contributed by atoms with Crippen molar-refractivity contribution in [3.05, 3.63) is 30.0 Å². The van der Waals surface area contributed by atoms with Crippen molar-refractivity contribution < 1.29 is 4.79 Å². The standard InChI is InChI=1S/C24H39N4O/c1-7-23(8-2)16-24(27-21(23)29)11-9-18(10-12-24)20-19(15-26-28-20)17(3)25-14-13-22(4,5)6/h9,13,15,17,25H,7-8,10-12,14,16H2,1-6H3,(H,26,28)(H,27,29). The number of H-pyrrole nitrogens is 1. The van der Waals surface area contributed by atoms with Gasteiger partial charge in [-0.15, -0.1) is 0 Å². The maximum atomic E-state index is 12.7. The van der Waals surface area contributed by atoms with Gasteiger partial charge < -0.3 is 10.6 Å². The number of allylic oxidation sites excluding steroid dienone is 1. The first-order chi connectivity index (χ1) is 13.6. The zero-order chi connectivity index (χ0) is 21.3. The van der Waals surface area contributed by atoms with Crippen molar-refractivity contribution in [2.24, 2.45) is 10.8 Å². The van der Waals surface area contributed by atoms with Gasteiger partial charge in [0, 0.05) is 23.3 Å². The molecule has 161 valence electrons. The van der Waals surface area contributed by atoms with Crippen LogP contribution in [-0.2, 0) is 4.79 Å². The molecule has 1 spiro atoms. The third-order valence-corrected chi connectivity index (χ3v) is 7.08. The lowest BCUT2D eigenvalue weighted by atomic mass is 9.71. The molecule has 5 heteroatoms. The number of rotatable bonds is 7. The van der Waals surface area contributed by atoms with Gasteiger partial charge in [-0.25, -0.2) is 0 Å². The number of aromatic nitrogens is 2. The highest BCUT2D eigenvalue weighted by Crippen LogP contribution is 2.48. The van der Waals surface area contributed by atoms with Gasteiger partial charge in [0.15, 0.2) is 0 Å². The van der Waals surface area contributed by atoms with E-state index in [0.717, 1.165) is 50.8 Å². The molecule has 2 heterocycles. The van der Waals surface area contributed by atoms with E-state index < -0.39 is 0 Å². The van der Waals surface area contributed by atoms with Gasteiger partial charge in [0.25, 0.3) is 0 Å². The van der Waals surface area contributed by atoms with E-state index in [1.165, 1.54) is 11.1 Å². The molecule has 1 aliphatic carbocycles. The van der Waals surface area contributed by atoms with Gasteiger partial charge in [-0.1, -0.05) is 40.7 Å². The zero-order valence-electron chi connectivity index (χ0n) is 19.1. The predicted molar refractivity (Wildman–Crippen MR) is 119 cm³/mol. The summed E-state index contributed by atoms with van der Waals surface area (Å²) in [6, 6.07) is 0.234. The van der Waals surface area contributed by atoms with Gasteiger partial charge in [0.2, 0.25) is 5.91 Å². The highest BCUT2D eigenvalue weighted by Gasteiger charge is 2.52. The maximum absolute atomic E-state index is 12.7. The summed E-state index contributed by atoms with van der Waals surface area (Å²) in [6.45, 7) is 14.0. The molecule has 3 N–H and O–H groups in total. The van der Waals surface area contributed by atoms with Crippen LogP contribution in [0.25, 0.3) is 5.57 Å². The largest absolute Gasteiger partial charge is 0.350 e. The Morgan fingerprint density at radius 3 is 2.59 bits per heavy atom. The zero-order valence-corrected chi connectivity index (χ0v) is 19.1. The molecule has 1 fully saturated rings. The molecular weight excluding hydrogens is 360 g/mol. The van der Waals surface area contributed by atoms with Crippen LogP contribution in [0.3, 0.4) is 0 Å². The predicted octanol–water partition coefficient (Wildman–Crippen LogP) is 4.94. The molecule has 0 bridgehead atoms. The summed E-state index contributed by atoms with van der Waals surface area (Å²) in [4.78, 5) is 12.7. The monoisotopic (exact) mass is 399 g/mol. The summed E-state index contributed by atoms with van der Waals surface area (Å²) >= 11 is 0. The molecular formula is C24H39N4O. The van der Waals surface area contributed by atoms with Crippen molar-refractivity contribution >= 4 is 11.5 Å². The molecule has 1 saturated heterocycles. The highest BCUT2D eigenvalue weighted by molar-refractivity contribution is 5.86. The summed E-state index contributed by atoms with van der Waals surface area (Å²) < 4.78 is 0. The fraction of sp³-hybridized carbons (Fsp3) is 0.708. The molecule has 29 heavy (non-hydrogen) atoms. The second kappa shape index (κ2) is 8.25. The smallest absolute Gasteiger partial charge is 0.226 e. The Hall–Kier alpha value is -1.62. The number of nitrogens with one attached hydrogen (secondary N) is 3. The normalized spacial score (nSPS) is 25.2. The van der Waals surface area contributed by atoms with Crippen LogP contribution in [-0.4, -0.2) is 28.2 Å². The van der Waals surface area contributed by atoms with Crippen LogP contribution in [0.5, 0.6) is 0 Å². The first kappa shape index (κ1) is 22.1. The topological polar surface area (TPSA) is 69.8 Å². The van der Waals surface area contributed by atoms with E-state index >= 15 is 0 Å². The second-order valence-corrected chi connectivity index (χ2v) is 10.2. The second-order valence-electron chi connectivity index (χ2n) is 10.2. The number of nitrogens with zero attached hydrogens (tertiary/aromatic N) is 1. The molecule has 2 atom stereocenters. The van der Waals surface area contributed by atoms with Crippen molar-refractivity contribution in [2.75, 3.05) is 6.54 Å². The van der Waals surface area contributed by atoms with Gasteiger partial charge in [-0.2, -0.15) is 5.10 Å². The Bertz CT molecular complexity index is 753. The van der Waals surface area contributed by atoms with Crippen molar-refractivity contribution in [1.29, 1.82) is 0 Å². The van der Waals surface area contributed by atoms with Crippen LogP contribution in [0.4, 0.5) is 0 Å². The summed E-state index contributed by atoms with van der Waals surface area (Å²) in [6.07, 6.45) is 12.3. The lowest BCUT2D eigenvalue weighted by molar-refractivity contribution is -0.128. The quantitative estimate of drug-likeness (QED) is 0.608. The van der Waals surface area contributed by atoms with Crippen LogP contribution in [0.15, 0.2) is 12.3 Å². The SMILES string of the molecule is CCC1(CC)CC2(CC=C(c3n[nH]cc3C(C)NC[CH]C(C)(C)C)CC2)NC1=O. The molecule has 0 aromatic carbocycles. The average Bonchev–Trinajstić information content (AvgIpc) is 3.25. The van der Waals surface area contributed by atoms with Gasteiger partial charge in [-0.3, -0.25) is 9.89 Å². The summed E-state index contributed by atoms with van der Waals surface area (Å²) in [7, 11) is 0. The molecule has 1 aliphatic heterocycles. The molecule has 1 amide bonds. The molecule has 5 nitrogen and oxygen atoms in total. The fourth-order valence-electron chi connectivity index (χ4n) is 4.89. The Balaban J connectivity index is 1.68. The number of amides is 1. The molecule has 1 radical (unpaired) electrons. The number of aromatic amines is 1. The minimum Gasteiger partial charge on any atom is -0.350 e. The minimum atomic E-state index is -0.176. The number of carbonyl (C=O) groups excluding carboxylic acids is 1. The molecule has 1 aromatic heterocycles. The number of carbonyl (C=O) groups is 1. The maximum Gasteiger partial charge on any atom is 0.226 e. The molecule has 2 aliphatic rings. The summed E-state index contributed by atoms with van der Waals surface area (Å²) in [5.41, 5.74) is 3.59. The Kier molecular flexibility index (Phi) is 6.28. The third kappa shape index (κ3) is 4.60. The van der Waals surface area contributed by atoms with Crippen molar-refractivity contribution in [3.8, 4) is 0 Å². The van der Waals surface area contributed by atoms with Crippen molar-refractivity contribution in [2.45, 2.75) is 91.6 Å². The van der Waals surface area contributed by atoms with Gasteiger partial charge in [-0.05, 0) is 69.4 Å². The summed E-state index contributed by atoms with van der Waals surface area (Å²) in [5.74, 6) is 0.257. The van der Waals surface area contributed by atoms with Crippen LogP contribution in [0.2, 0.25) is 0 Å². The van der Waals surface area contributed by atoms with E-state index in [1.54, 1.807) is 0 Å².